The van der Waals surface area contributed by atoms with E-state index in [2.05, 4.69) is 21.2 Å². The molecule has 2 aromatic rings. The minimum absolute atomic E-state index is 0.127. The summed E-state index contributed by atoms with van der Waals surface area (Å²) < 4.78 is 1.77. The largest absolute Gasteiger partial charge is 0.507 e. The van der Waals surface area contributed by atoms with Gasteiger partial charge in [-0.2, -0.15) is 0 Å². The third kappa shape index (κ3) is 3.46. The number of phenols is 1. The Kier molecular flexibility index (Phi) is 4.63. The van der Waals surface area contributed by atoms with Gasteiger partial charge in [0.15, 0.2) is 0 Å². The van der Waals surface area contributed by atoms with Crippen LogP contribution in [-0.4, -0.2) is 11.0 Å². The molecule has 0 atom stereocenters. The van der Waals surface area contributed by atoms with Crippen LogP contribution in [0.4, 0.5) is 0 Å². The van der Waals surface area contributed by atoms with E-state index in [0.29, 0.717) is 12.1 Å². The minimum Gasteiger partial charge on any atom is -0.507 e. The van der Waals surface area contributed by atoms with Gasteiger partial charge < -0.3 is 10.4 Å². The number of nitrogens with one attached hydrogen (secondary N) is 1. The van der Waals surface area contributed by atoms with E-state index in [9.17, 15) is 9.90 Å². The second-order valence-corrected chi connectivity index (χ2v) is 7.26. The van der Waals surface area contributed by atoms with Crippen molar-refractivity contribution in [2.75, 3.05) is 0 Å². The Morgan fingerprint density at radius 3 is 2.78 bits per heavy atom. The molecule has 0 aliphatic carbocycles. The highest BCUT2D eigenvalue weighted by Gasteiger charge is 2.08. The van der Waals surface area contributed by atoms with Gasteiger partial charge in [0.05, 0.1) is 13.9 Å². The van der Waals surface area contributed by atoms with Crippen LogP contribution in [0.15, 0.2) is 34.1 Å². The van der Waals surface area contributed by atoms with Gasteiger partial charge in [0.1, 0.15) is 5.75 Å². The average Bonchev–Trinajstić information content (AvgIpc) is 2.75. The lowest BCUT2D eigenvalue weighted by atomic mass is 10.2. The molecule has 18 heavy (non-hydrogen) atoms. The first kappa shape index (κ1) is 13.8. The molecule has 1 aromatic heterocycles. The van der Waals surface area contributed by atoms with Gasteiger partial charge in [0.2, 0.25) is 0 Å². The zero-order chi connectivity index (χ0) is 13.1. The van der Waals surface area contributed by atoms with Gasteiger partial charge in [0.25, 0.3) is 5.91 Å². The Labute approximate surface area is 130 Å². The molecule has 0 aliphatic heterocycles. The molecule has 0 fully saturated rings. The van der Waals surface area contributed by atoms with E-state index in [1.54, 1.807) is 23.5 Å². The second kappa shape index (κ2) is 6.03. The van der Waals surface area contributed by atoms with Crippen molar-refractivity contribution in [3.8, 4) is 5.75 Å². The molecular formula is C12H9BrINO2S. The predicted octanol–water partition coefficient (Wildman–Crippen LogP) is 3.75. The molecule has 0 unspecified atom stereocenters. The van der Waals surface area contributed by atoms with Crippen LogP contribution in [0.25, 0.3) is 0 Å². The second-order valence-electron chi connectivity index (χ2n) is 3.55. The maximum Gasteiger partial charge on any atom is 0.251 e. The smallest absolute Gasteiger partial charge is 0.251 e. The van der Waals surface area contributed by atoms with Crippen LogP contribution in [0.1, 0.15) is 15.2 Å². The van der Waals surface area contributed by atoms with Gasteiger partial charge in [-0.05, 0) is 68.9 Å². The molecule has 0 bridgehead atoms. The van der Waals surface area contributed by atoms with Crippen molar-refractivity contribution >= 4 is 55.8 Å². The van der Waals surface area contributed by atoms with E-state index in [1.807, 2.05) is 34.7 Å². The summed E-state index contributed by atoms with van der Waals surface area (Å²) in [5.41, 5.74) is 0.462. The highest BCUT2D eigenvalue weighted by atomic mass is 127. The number of hydrogen-bond acceptors (Lipinski definition) is 3. The predicted molar refractivity (Wildman–Crippen MR) is 84.0 cm³/mol. The minimum atomic E-state index is -0.189. The summed E-state index contributed by atoms with van der Waals surface area (Å²) in [6, 6.07) is 8.79. The fourth-order valence-electron chi connectivity index (χ4n) is 1.37. The lowest BCUT2D eigenvalue weighted by molar-refractivity contribution is 0.0951. The summed E-state index contributed by atoms with van der Waals surface area (Å²) in [4.78, 5) is 12.9. The Morgan fingerprint density at radius 1 is 1.39 bits per heavy atom. The number of rotatable bonds is 3. The van der Waals surface area contributed by atoms with E-state index in [4.69, 9.17) is 0 Å². The van der Waals surface area contributed by atoms with Gasteiger partial charge >= 0.3 is 0 Å². The van der Waals surface area contributed by atoms with Crippen molar-refractivity contribution in [2.24, 2.45) is 0 Å². The number of hydrogen-bond donors (Lipinski definition) is 2. The van der Waals surface area contributed by atoms with Crippen molar-refractivity contribution in [2.45, 2.75) is 6.54 Å². The number of thiophene rings is 1. The van der Waals surface area contributed by atoms with Crippen LogP contribution in [0, 0.1) is 3.57 Å². The Bertz CT molecular complexity index is 585. The first-order chi connectivity index (χ1) is 8.56. The van der Waals surface area contributed by atoms with Gasteiger partial charge in [-0.1, -0.05) is 0 Å². The van der Waals surface area contributed by atoms with Gasteiger partial charge in [-0.3, -0.25) is 4.79 Å². The molecule has 0 saturated heterocycles. The van der Waals surface area contributed by atoms with E-state index in [-0.39, 0.29) is 11.7 Å². The van der Waals surface area contributed by atoms with Crippen LogP contribution >= 0.6 is 49.9 Å². The molecule has 3 nitrogen and oxygen atoms in total. The number of halogens is 2. The Morgan fingerprint density at radius 2 is 2.17 bits per heavy atom. The SMILES string of the molecule is O=C(NCc1ccc(Br)s1)c1ccc(I)c(O)c1. The fourth-order valence-corrected chi connectivity index (χ4v) is 3.13. The maximum atomic E-state index is 11.9. The molecule has 1 heterocycles. The summed E-state index contributed by atoms with van der Waals surface area (Å²) in [5, 5.41) is 12.4. The fraction of sp³-hybridized carbons (Fsp3) is 0.0833. The third-order valence-electron chi connectivity index (χ3n) is 2.26. The van der Waals surface area contributed by atoms with E-state index < -0.39 is 0 Å². The van der Waals surface area contributed by atoms with Crippen LogP contribution in [-0.2, 0) is 6.54 Å². The number of carbonyl (C=O) groups is 1. The van der Waals surface area contributed by atoms with Crippen LogP contribution in [0.3, 0.4) is 0 Å². The number of carbonyl (C=O) groups excluding carboxylic acids is 1. The first-order valence-corrected chi connectivity index (χ1v) is 7.76. The van der Waals surface area contributed by atoms with E-state index in [1.165, 1.54) is 6.07 Å². The number of benzene rings is 1. The molecule has 0 aliphatic rings. The molecule has 6 heteroatoms. The van der Waals surface area contributed by atoms with E-state index >= 15 is 0 Å². The summed E-state index contributed by atoms with van der Waals surface area (Å²) >= 11 is 6.97. The number of phenolic OH excluding ortho intramolecular Hbond substituents is 1. The summed E-state index contributed by atoms with van der Waals surface area (Å²) in [5.74, 6) is -0.0617. The monoisotopic (exact) mass is 437 g/mol. The van der Waals surface area contributed by atoms with Crippen LogP contribution < -0.4 is 5.32 Å². The molecule has 1 aromatic carbocycles. The molecule has 0 saturated carbocycles. The highest BCUT2D eigenvalue weighted by molar-refractivity contribution is 14.1. The summed E-state index contributed by atoms with van der Waals surface area (Å²) in [6.45, 7) is 0.488. The zero-order valence-corrected chi connectivity index (χ0v) is 13.7. The lowest BCUT2D eigenvalue weighted by Crippen LogP contribution is -2.22. The van der Waals surface area contributed by atoms with Gasteiger partial charge in [-0.15, -0.1) is 11.3 Å². The van der Waals surface area contributed by atoms with Crippen molar-refractivity contribution in [3.05, 3.63) is 48.1 Å². The standard InChI is InChI=1S/C12H9BrINO2S/c13-11-4-2-8(18-11)6-15-12(17)7-1-3-9(14)10(16)5-7/h1-5,16H,6H2,(H,15,17). The Hall–Kier alpha value is -0.600. The van der Waals surface area contributed by atoms with Crippen molar-refractivity contribution in [1.29, 1.82) is 0 Å². The van der Waals surface area contributed by atoms with Crippen molar-refractivity contribution in [1.82, 2.24) is 5.32 Å². The molecule has 1 amide bonds. The zero-order valence-electron chi connectivity index (χ0n) is 9.11. The summed E-state index contributed by atoms with van der Waals surface area (Å²) in [7, 11) is 0. The molecule has 0 radical (unpaired) electrons. The Balaban J connectivity index is 2.01. The van der Waals surface area contributed by atoms with Gasteiger partial charge in [-0.25, -0.2) is 0 Å². The lowest BCUT2D eigenvalue weighted by Gasteiger charge is -2.05. The number of aromatic hydroxyl groups is 1. The molecular weight excluding hydrogens is 429 g/mol. The maximum absolute atomic E-state index is 11.9. The average molecular weight is 438 g/mol. The molecule has 2 rings (SSSR count). The van der Waals surface area contributed by atoms with Crippen molar-refractivity contribution in [3.63, 3.8) is 0 Å². The quantitative estimate of drug-likeness (QED) is 0.718. The van der Waals surface area contributed by atoms with Gasteiger partial charge in [0, 0.05) is 10.4 Å². The van der Waals surface area contributed by atoms with E-state index in [0.717, 1.165) is 12.2 Å². The molecule has 2 N–H and O–H groups in total. The van der Waals surface area contributed by atoms with Crippen molar-refractivity contribution < 1.29 is 9.90 Å². The number of amides is 1. The topological polar surface area (TPSA) is 49.3 Å². The first-order valence-electron chi connectivity index (χ1n) is 5.07. The normalized spacial score (nSPS) is 10.3. The molecule has 94 valence electrons. The third-order valence-corrected chi connectivity index (χ3v) is 4.80. The molecule has 0 spiro atoms. The van der Waals surface area contributed by atoms with Crippen LogP contribution in [0.2, 0.25) is 0 Å². The summed E-state index contributed by atoms with van der Waals surface area (Å²) in [6.07, 6.45) is 0. The highest BCUT2D eigenvalue weighted by Crippen LogP contribution is 2.22. The van der Waals surface area contributed by atoms with Crippen LogP contribution in [0.5, 0.6) is 5.75 Å².